The van der Waals surface area contributed by atoms with Crippen LogP contribution in [-0.4, -0.2) is 37.1 Å². The molecule has 0 saturated heterocycles. The fourth-order valence-electron chi connectivity index (χ4n) is 1.73. The second-order valence-electron chi connectivity index (χ2n) is 4.49. The summed E-state index contributed by atoms with van der Waals surface area (Å²) >= 11 is 0. The number of imidazole rings is 1. The predicted molar refractivity (Wildman–Crippen MR) is 66.2 cm³/mol. The normalized spacial score (nSPS) is 12.8. The number of aliphatic carboxylic acids is 1. The third-order valence-corrected chi connectivity index (χ3v) is 2.54. The van der Waals surface area contributed by atoms with Crippen molar-refractivity contribution in [2.75, 3.05) is 5.32 Å². The zero-order valence-electron chi connectivity index (χ0n) is 10.2. The van der Waals surface area contributed by atoms with Crippen molar-refractivity contribution in [1.82, 2.24) is 19.9 Å². The number of fused-ring (bicyclic) bond motifs is 1. The Kier molecular flexibility index (Phi) is 3.40. The Bertz CT molecular complexity index is 551. The Morgan fingerprint density at radius 3 is 2.89 bits per heavy atom. The predicted octanol–water partition coefficient (Wildman–Crippen LogP) is 1.26. The van der Waals surface area contributed by atoms with E-state index in [1.807, 2.05) is 13.8 Å². The molecule has 0 aliphatic heterocycles. The van der Waals surface area contributed by atoms with Crippen LogP contribution in [0.4, 0.5) is 5.82 Å². The van der Waals surface area contributed by atoms with Gasteiger partial charge in [-0.05, 0) is 12.3 Å². The van der Waals surface area contributed by atoms with E-state index in [9.17, 15) is 9.90 Å². The van der Waals surface area contributed by atoms with Crippen LogP contribution in [0, 0.1) is 5.92 Å². The number of hydrogen-bond donors (Lipinski definition) is 3. The van der Waals surface area contributed by atoms with Crippen LogP contribution in [0.15, 0.2) is 12.7 Å². The van der Waals surface area contributed by atoms with Crippen molar-refractivity contribution in [1.29, 1.82) is 0 Å². The van der Waals surface area contributed by atoms with Gasteiger partial charge in [-0.3, -0.25) is 0 Å². The van der Waals surface area contributed by atoms with Gasteiger partial charge >= 0.3 is 5.97 Å². The van der Waals surface area contributed by atoms with E-state index in [0.29, 0.717) is 23.4 Å². The molecule has 0 spiro atoms. The summed E-state index contributed by atoms with van der Waals surface area (Å²) in [6.07, 6.45) is 3.39. The van der Waals surface area contributed by atoms with E-state index in [2.05, 4.69) is 25.3 Å². The molecule has 0 saturated carbocycles. The molecule has 0 aromatic carbocycles. The van der Waals surface area contributed by atoms with Crippen molar-refractivity contribution in [3.05, 3.63) is 12.7 Å². The summed E-state index contributed by atoms with van der Waals surface area (Å²) in [5, 5.41) is 12.1. The standard InChI is InChI=1S/C11H15N5O2/c1-6(2)3-7(11(17)18)16-10-8-9(13-4-12-8)14-5-15-10/h4-7H,3H2,1-2H3,(H,17,18)(H2,12,13,14,15,16)/t7-/m0/s1. The average Bonchev–Trinajstić information content (AvgIpc) is 2.76. The maximum Gasteiger partial charge on any atom is 0.326 e. The van der Waals surface area contributed by atoms with E-state index < -0.39 is 12.0 Å². The second-order valence-corrected chi connectivity index (χ2v) is 4.49. The number of nitrogens with zero attached hydrogens (tertiary/aromatic N) is 3. The van der Waals surface area contributed by atoms with Gasteiger partial charge in [-0.25, -0.2) is 19.7 Å². The number of aromatic amines is 1. The maximum absolute atomic E-state index is 11.2. The van der Waals surface area contributed by atoms with Gasteiger partial charge in [-0.1, -0.05) is 13.8 Å². The minimum Gasteiger partial charge on any atom is -0.480 e. The first kappa shape index (κ1) is 12.3. The van der Waals surface area contributed by atoms with Crippen LogP contribution in [0.25, 0.3) is 11.2 Å². The molecule has 3 N–H and O–H groups in total. The highest BCUT2D eigenvalue weighted by atomic mass is 16.4. The van der Waals surface area contributed by atoms with E-state index >= 15 is 0 Å². The smallest absolute Gasteiger partial charge is 0.326 e. The lowest BCUT2D eigenvalue weighted by Crippen LogP contribution is -2.31. The molecule has 18 heavy (non-hydrogen) atoms. The first-order chi connectivity index (χ1) is 8.58. The van der Waals surface area contributed by atoms with Gasteiger partial charge in [-0.15, -0.1) is 0 Å². The quantitative estimate of drug-likeness (QED) is 0.737. The molecule has 96 valence electrons. The molecule has 0 aliphatic carbocycles. The number of carbonyl (C=O) groups is 1. The first-order valence-corrected chi connectivity index (χ1v) is 5.71. The molecule has 0 fully saturated rings. The molecule has 0 bridgehead atoms. The highest BCUT2D eigenvalue weighted by molar-refractivity contribution is 5.85. The minimum absolute atomic E-state index is 0.276. The van der Waals surface area contributed by atoms with Gasteiger partial charge in [0, 0.05) is 0 Å². The number of hydrogen-bond acceptors (Lipinski definition) is 5. The van der Waals surface area contributed by atoms with Crippen LogP contribution in [0.2, 0.25) is 0 Å². The van der Waals surface area contributed by atoms with E-state index in [1.54, 1.807) is 0 Å². The Morgan fingerprint density at radius 1 is 1.44 bits per heavy atom. The summed E-state index contributed by atoms with van der Waals surface area (Å²) in [7, 11) is 0. The second kappa shape index (κ2) is 4.99. The molecule has 7 heteroatoms. The zero-order chi connectivity index (χ0) is 13.1. The molecule has 2 rings (SSSR count). The van der Waals surface area contributed by atoms with Crippen molar-refractivity contribution in [3.8, 4) is 0 Å². The van der Waals surface area contributed by atoms with Crippen LogP contribution in [-0.2, 0) is 4.79 Å². The van der Waals surface area contributed by atoms with Gasteiger partial charge in [0.2, 0.25) is 0 Å². The number of nitrogens with one attached hydrogen (secondary N) is 2. The molecule has 2 heterocycles. The van der Waals surface area contributed by atoms with Crippen LogP contribution >= 0.6 is 0 Å². The monoisotopic (exact) mass is 249 g/mol. The summed E-state index contributed by atoms with van der Waals surface area (Å²) in [5.41, 5.74) is 1.13. The van der Waals surface area contributed by atoms with Crippen LogP contribution in [0.1, 0.15) is 20.3 Å². The lowest BCUT2D eigenvalue weighted by atomic mass is 10.0. The Balaban J connectivity index is 2.25. The highest BCUT2D eigenvalue weighted by Crippen LogP contribution is 2.17. The van der Waals surface area contributed by atoms with E-state index in [4.69, 9.17) is 0 Å². The van der Waals surface area contributed by atoms with Gasteiger partial charge in [0.05, 0.1) is 6.33 Å². The van der Waals surface area contributed by atoms with Crippen molar-refractivity contribution < 1.29 is 9.90 Å². The van der Waals surface area contributed by atoms with Crippen molar-refractivity contribution in [2.45, 2.75) is 26.3 Å². The molecule has 7 nitrogen and oxygen atoms in total. The molecule has 2 aromatic heterocycles. The van der Waals surface area contributed by atoms with Gasteiger partial charge in [0.1, 0.15) is 17.9 Å². The van der Waals surface area contributed by atoms with E-state index in [-0.39, 0.29) is 5.92 Å². The van der Waals surface area contributed by atoms with Crippen LogP contribution < -0.4 is 5.32 Å². The molecule has 1 atom stereocenters. The molecule has 0 amide bonds. The minimum atomic E-state index is -0.894. The Morgan fingerprint density at radius 2 is 2.22 bits per heavy atom. The summed E-state index contributed by atoms with van der Waals surface area (Å²) < 4.78 is 0. The number of carboxylic acid groups (broad SMARTS) is 1. The Labute approximate surface area is 104 Å². The molecular formula is C11H15N5O2. The molecule has 0 aliphatic rings. The SMILES string of the molecule is CC(C)C[C@H](Nc1ncnc2nc[nH]c12)C(=O)O. The fraction of sp³-hybridized carbons (Fsp3) is 0.455. The number of aromatic nitrogens is 4. The third-order valence-electron chi connectivity index (χ3n) is 2.54. The van der Waals surface area contributed by atoms with Gasteiger partial charge in [-0.2, -0.15) is 0 Å². The third kappa shape index (κ3) is 2.55. The number of carboxylic acids is 1. The summed E-state index contributed by atoms with van der Waals surface area (Å²) in [5.74, 6) is -0.154. The molecule has 0 radical (unpaired) electrons. The summed E-state index contributed by atoms with van der Waals surface area (Å²) in [6.45, 7) is 3.95. The average molecular weight is 249 g/mol. The number of H-pyrrole nitrogens is 1. The van der Waals surface area contributed by atoms with Crippen molar-refractivity contribution in [3.63, 3.8) is 0 Å². The van der Waals surface area contributed by atoms with Gasteiger partial charge in [0.15, 0.2) is 11.5 Å². The van der Waals surface area contributed by atoms with Crippen molar-refractivity contribution in [2.24, 2.45) is 5.92 Å². The lowest BCUT2D eigenvalue weighted by Gasteiger charge is -2.16. The Hall–Kier alpha value is -2.18. The van der Waals surface area contributed by atoms with Gasteiger partial charge < -0.3 is 15.4 Å². The topological polar surface area (TPSA) is 104 Å². The largest absolute Gasteiger partial charge is 0.480 e. The lowest BCUT2D eigenvalue weighted by molar-refractivity contribution is -0.138. The zero-order valence-corrected chi connectivity index (χ0v) is 10.2. The summed E-state index contributed by atoms with van der Waals surface area (Å²) in [6, 6.07) is -0.675. The van der Waals surface area contributed by atoms with Crippen molar-refractivity contribution >= 4 is 23.0 Å². The van der Waals surface area contributed by atoms with E-state index in [1.165, 1.54) is 12.7 Å². The summed E-state index contributed by atoms with van der Waals surface area (Å²) in [4.78, 5) is 26.1. The molecule has 0 unspecified atom stereocenters. The number of rotatable bonds is 5. The highest BCUT2D eigenvalue weighted by Gasteiger charge is 2.20. The van der Waals surface area contributed by atoms with E-state index in [0.717, 1.165) is 0 Å². The fourth-order valence-corrected chi connectivity index (χ4v) is 1.73. The van der Waals surface area contributed by atoms with Crippen LogP contribution in [0.5, 0.6) is 0 Å². The molecular weight excluding hydrogens is 234 g/mol. The van der Waals surface area contributed by atoms with Gasteiger partial charge in [0.25, 0.3) is 0 Å². The maximum atomic E-state index is 11.2. The first-order valence-electron chi connectivity index (χ1n) is 5.71. The van der Waals surface area contributed by atoms with Crippen LogP contribution in [0.3, 0.4) is 0 Å². The number of anilines is 1. The molecule has 2 aromatic rings.